The van der Waals surface area contributed by atoms with E-state index >= 15 is 0 Å². The van der Waals surface area contributed by atoms with Crippen LogP contribution in [0.1, 0.15) is 38.8 Å². The van der Waals surface area contributed by atoms with Gasteiger partial charge in [0.2, 0.25) is 5.91 Å². The number of aryl methyl sites for hydroxylation is 1. The third-order valence-electron chi connectivity index (χ3n) is 4.26. The van der Waals surface area contributed by atoms with E-state index in [1.807, 2.05) is 43.5 Å². The summed E-state index contributed by atoms with van der Waals surface area (Å²) in [7, 11) is 0. The number of aromatic nitrogens is 2. The van der Waals surface area contributed by atoms with Crippen molar-refractivity contribution in [1.29, 1.82) is 0 Å². The molecular formula is C21H23N3O2S. The predicted molar refractivity (Wildman–Crippen MR) is 107 cm³/mol. The standard InChI is InChI=1S/C21H23N3O2S/c1-16-7-9-19(27-16)18(25)8-10-21(26)23-12-11-20-22-13-14-24(20)15-17-5-3-2-4-6-17/h2-7,9,13-14H,8,10-12,15H2,1H3,(H,23,26). The van der Waals surface area contributed by atoms with Crippen molar-refractivity contribution in [3.63, 3.8) is 0 Å². The summed E-state index contributed by atoms with van der Waals surface area (Å²) >= 11 is 1.47. The van der Waals surface area contributed by atoms with Crippen molar-refractivity contribution in [1.82, 2.24) is 14.9 Å². The van der Waals surface area contributed by atoms with Gasteiger partial charge in [0.15, 0.2) is 5.78 Å². The fraction of sp³-hybridized carbons (Fsp3) is 0.286. The maximum atomic E-state index is 12.1. The van der Waals surface area contributed by atoms with E-state index < -0.39 is 0 Å². The van der Waals surface area contributed by atoms with Gasteiger partial charge in [-0.05, 0) is 24.6 Å². The van der Waals surface area contributed by atoms with Crippen LogP contribution in [0.4, 0.5) is 0 Å². The largest absolute Gasteiger partial charge is 0.356 e. The molecular weight excluding hydrogens is 358 g/mol. The van der Waals surface area contributed by atoms with Crippen LogP contribution in [-0.2, 0) is 17.8 Å². The number of nitrogens with zero attached hydrogens (tertiary/aromatic N) is 2. The monoisotopic (exact) mass is 381 g/mol. The second kappa shape index (κ2) is 9.28. The van der Waals surface area contributed by atoms with Crippen molar-refractivity contribution in [3.8, 4) is 0 Å². The topological polar surface area (TPSA) is 64.0 Å². The van der Waals surface area contributed by atoms with Crippen LogP contribution in [0.3, 0.4) is 0 Å². The average Bonchev–Trinajstić information content (AvgIpc) is 3.30. The molecule has 3 aromatic rings. The molecule has 0 radical (unpaired) electrons. The SMILES string of the molecule is Cc1ccc(C(=O)CCC(=O)NCCc2nccn2Cc2ccccc2)s1. The fourth-order valence-corrected chi connectivity index (χ4v) is 3.66. The number of thiophene rings is 1. The van der Waals surface area contributed by atoms with Crippen LogP contribution in [0.25, 0.3) is 0 Å². The summed E-state index contributed by atoms with van der Waals surface area (Å²) in [6.45, 7) is 3.24. The van der Waals surface area contributed by atoms with Gasteiger partial charge in [-0.1, -0.05) is 30.3 Å². The molecule has 1 aromatic carbocycles. The molecule has 0 spiro atoms. The molecule has 0 atom stereocenters. The Kier molecular flexibility index (Phi) is 6.54. The molecule has 140 valence electrons. The van der Waals surface area contributed by atoms with Gasteiger partial charge in [0.1, 0.15) is 5.82 Å². The molecule has 3 rings (SSSR count). The van der Waals surface area contributed by atoms with Crippen molar-refractivity contribution in [2.24, 2.45) is 0 Å². The van der Waals surface area contributed by atoms with Crippen LogP contribution >= 0.6 is 11.3 Å². The number of carbonyl (C=O) groups is 2. The Labute approximate surface area is 163 Å². The van der Waals surface area contributed by atoms with Gasteiger partial charge in [-0.3, -0.25) is 9.59 Å². The molecule has 0 saturated carbocycles. The summed E-state index contributed by atoms with van der Waals surface area (Å²) in [5.74, 6) is 0.865. The Morgan fingerprint density at radius 1 is 1.11 bits per heavy atom. The number of nitrogens with one attached hydrogen (secondary N) is 1. The third kappa shape index (κ3) is 5.62. The number of carbonyl (C=O) groups excluding carboxylic acids is 2. The number of ketones is 1. The lowest BCUT2D eigenvalue weighted by molar-refractivity contribution is -0.121. The molecule has 0 fully saturated rings. The Hall–Kier alpha value is -2.73. The van der Waals surface area contributed by atoms with Gasteiger partial charge in [-0.2, -0.15) is 0 Å². The first-order chi connectivity index (χ1) is 13.1. The molecule has 6 heteroatoms. The lowest BCUT2D eigenvalue weighted by Crippen LogP contribution is -2.26. The van der Waals surface area contributed by atoms with E-state index in [0.29, 0.717) is 13.0 Å². The highest BCUT2D eigenvalue weighted by Gasteiger charge is 2.11. The van der Waals surface area contributed by atoms with Gasteiger partial charge in [0, 0.05) is 49.6 Å². The molecule has 0 aliphatic heterocycles. The molecule has 0 bridgehead atoms. The van der Waals surface area contributed by atoms with Gasteiger partial charge in [-0.25, -0.2) is 4.98 Å². The van der Waals surface area contributed by atoms with Crippen LogP contribution in [-0.4, -0.2) is 27.8 Å². The Balaban J connectivity index is 1.41. The highest BCUT2D eigenvalue weighted by Crippen LogP contribution is 2.17. The number of imidazole rings is 1. The first kappa shape index (κ1) is 19.0. The van der Waals surface area contributed by atoms with Gasteiger partial charge in [-0.15, -0.1) is 11.3 Å². The lowest BCUT2D eigenvalue weighted by Gasteiger charge is -2.09. The second-order valence-corrected chi connectivity index (χ2v) is 7.68. The van der Waals surface area contributed by atoms with Crippen LogP contribution < -0.4 is 5.32 Å². The van der Waals surface area contributed by atoms with E-state index in [-0.39, 0.29) is 24.5 Å². The molecule has 0 unspecified atom stereocenters. The minimum absolute atomic E-state index is 0.0293. The molecule has 5 nitrogen and oxygen atoms in total. The van der Waals surface area contributed by atoms with Crippen LogP contribution in [0.2, 0.25) is 0 Å². The van der Waals surface area contributed by atoms with Crippen molar-refractivity contribution >= 4 is 23.0 Å². The van der Waals surface area contributed by atoms with Gasteiger partial charge >= 0.3 is 0 Å². The second-order valence-electron chi connectivity index (χ2n) is 6.39. The molecule has 27 heavy (non-hydrogen) atoms. The Morgan fingerprint density at radius 3 is 2.67 bits per heavy atom. The van der Waals surface area contributed by atoms with Crippen molar-refractivity contribution in [2.45, 2.75) is 32.7 Å². The van der Waals surface area contributed by atoms with Crippen LogP contribution in [0.15, 0.2) is 54.9 Å². The zero-order valence-corrected chi connectivity index (χ0v) is 16.2. The van der Waals surface area contributed by atoms with E-state index in [0.717, 1.165) is 22.1 Å². The number of rotatable bonds is 9. The normalized spacial score (nSPS) is 10.7. The Morgan fingerprint density at radius 2 is 1.93 bits per heavy atom. The number of Topliss-reactive ketones (excluding diaryl/α,β-unsaturated/α-hetero) is 1. The number of amides is 1. The zero-order chi connectivity index (χ0) is 19.1. The fourth-order valence-electron chi connectivity index (χ4n) is 2.83. The summed E-state index contributed by atoms with van der Waals surface area (Å²) in [5, 5.41) is 2.88. The summed E-state index contributed by atoms with van der Waals surface area (Å²) in [5.41, 5.74) is 1.21. The molecule has 1 N–H and O–H groups in total. The quantitative estimate of drug-likeness (QED) is 0.576. The maximum Gasteiger partial charge on any atom is 0.220 e. The highest BCUT2D eigenvalue weighted by atomic mass is 32.1. The maximum absolute atomic E-state index is 12.1. The van der Waals surface area contributed by atoms with Crippen LogP contribution in [0, 0.1) is 6.92 Å². The molecule has 2 heterocycles. The van der Waals surface area contributed by atoms with E-state index in [1.54, 1.807) is 6.20 Å². The summed E-state index contributed by atoms with van der Waals surface area (Å²) in [4.78, 5) is 30.3. The third-order valence-corrected chi connectivity index (χ3v) is 5.30. The first-order valence-corrected chi connectivity index (χ1v) is 9.84. The summed E-state index contributed by atoms with van der Waals surface area (Å²) < 4.78 is 2.09. The minimum Gasteiger partial charge on any atom is -0.356 e. The van der Waals surface area contributed by atoms with Crippen molar-refractivity contribution in [3.05, 3.63) is 76.0 Å². The minimum atomic E-state index is -0.0993. The smallest absolute Gasteiger partial charge is 0.220 e. The summed E-state index contributed by atoms with van der Waals surface area (Å²) in [6.07, 6.45) is 4.85. The summed E-state index contributed by atoms with van der Waals surface area (Å²) in [6, 6.07) is 14.0. The molecule has 1 amide bonds. The molecule has 0 aliphatic carbocycles. The average molecular weight is 382 g/mol. The van der Waals surface area contributed by atoms with E-state index in [9.17, 15) is 9.59 Å². The molecule has 2 aromatic heterocycles. The number of hydrogen-bond donors (Lipinski definition) is 1. The van der Waals surface area contributed by atoms with Crippen molar-refractivity contribution in [2.75, 3.05) is 6.54 Å². The van der Waals surface area contributed by atoms with Gasteiger partial charge in [0.05, 0.1) is 4.88 Å². The van der Waals surface area contributed by atoms with E-state index in [1.165, 1.54) is 16.9 Å². The molecule has 0 saturated heterocycles. The van der Waals surface area contributed by atoms with Crippen molar-refractivity contribution < 1.29 is 9.59 Å². The predicted octanol–water partition coefficient (Wildman–Crippen LogP) is 3.62. The zero-order valence-electron chi connectivity index (χ0n) is 15.4. The number of benzene rings is 1. The van der Waals surface area contributed by atoms with Gasteiger partial charge < -0.3 is 9.88 Å². The lowest BCUT2D eigenvalue weighted by atomic mass is 10.2. The first-order valence-electron chi connectivity index (χ1n) is 9.02. The van der Waals surface area contributed by atoms with E-state index in [4.69, 9.17) is 0 Å². The Bertz CT molecular complexity index is 899. The number of hydrogen-bond acceptors (Lipinski definition) is 4. The van der Waals surface area contributed by atoms with E-state index in [2.05, 4.69) is 27.0 Å². The highest BCUT2D eigenvalue weighted by molar-refractivity contribution is 7.14. The molecule has 0 aliphatic rings. The van der Waals surface area contributed by atoms with Gasteiger partial charge in [0.25, 0.3) is 0 Å². The van der Waals surface area contributed by atoms with Crippen LogP contribution in [0.5, 0.6) is 0 Å².